The van der Waals surface area contributed by atoms with Crippen LogP contribution in [-0.2, 0) is 6.54 Å². The van der Waals surface area contributed by atoms with Crippen LogP contribution in [0, 0.1) is 9.39 Å². The van der Waals surface area contributed by atoms with Gasteiger partial charge in [0, 0.05) is 21.4 Å². The molecule has 0 aliphatic heterocycles. The molecule has 19 heavy (non-hydrogen) atoms. The van der Waals surface area contributed by atoms with E-state index in [0.29, 0.717) is 12.1 Å². The van der Waals surface area contributed by atoms with Crippen LogP contribution in [-0.4, -0.2) is 5.91 Å². The number of amides is 1. The standard InChI is InChI=1S/C14H12FIN2O/c15-10-5-6-13(12(16)7-10)18-8-9-3-1-2-4-11(9)14(17)19/h1-7,18H,8H2,(H2,17,19). The number of halogens is 2. The molecular formula is C14H12FIN2O. The van der Waals surface area contributed by atoms with Crippen molar-refractivity contribution in [1.82, 2.24) is 0 Å². The maximum atomic E-state index is 13.0. The SMILES string of the molecule is NC(=O)c1ccccc1CNc1ccc(F)cc1I. The zero-order valence-electron chi connectivity index (χ0n) is 9.99. The van der Waals surface area contributed by atoms with Crippen LogP contribution in [0.1, 0.15) is 15.9 Å². The fourth-order valence-corrected chi connectivity index (χ4v) is 2.41. The lowest BCUT2D eigenvalue weighted by atomic mass is 10.1. The van der Waals surface area contributed by atoms with Crippen molar-refractivity contribution in [3.63, 3.8) is 0 Å². The van der Waals surface area contributed by atoms with Gasteiger partial charge in [0.15, 0.2) is 0 Å². The molecule has 1 amide bonds. The molecule has 2 rings (SSSR count). The van der Waals surface area contributed by atoms with Crippen molar-refractivity contribution in [3.05, 3.63) is 63.0 Å². The Morgan fingerprint density at radius 2 is 2.00 bits per heavy atom. The summed E-state index contributed by atoms with van der Waals surface area (Å²) >= 11 is 2.06. The third kappa shape index (κ3) is 3.44. The van der Waals surface area contributed by atoms with Crippen LogP contribution in [0.3, 0.4) is 0 Å². The van der Waals surface area contributed by atoms with Crippen LogP contribution in [0.4, 0.5) is 10.1 Å². The zero-order valence-corrected chi connectivity index (χ0v) is 12.1. The highest BCUT2D eigenvalue weighted by Crippen LogP contribution is 2.20. The lowest BCUT2D eigenvalue weighted by Gasteiger charge is -2.11. The first-order valence-corrected chi connectivity index (χ1v) is 6.72. The maximum Gasteiger partial charge on any atom is 0.249 e. The molecule has 0 saturated carbocycles. The van der Waals surface area contributed by atoms with Crippen molar-refractivity contribution >= 4 is 34.2 Å². The predicted molar refractivity (Wildman–Crippen MR) is 81.4 cm³/mol. The second-order valence-electron chi connectivity index (χ2n) is 4.00. The Hall–Kier alpha value is -1.63. The molecule has 0 aliphatic rings. The van der Waals surface area contributed by atoms with Crippen LogP contribution in [0.15, 0.2) is 42.5 Å². The topological polar surface area (TPSA) is 55.1 Å². The van der Waals surface area contributed by atoms with E-state index in [1.165, 1.54) is 12.1 Å². The molecular weight excluding hydrogens is 358 g/mol. The van der Waals surface area contributed by atoms with Crippen molar-refractivity contribution in [2.45, 2.75) is 6.54 Å². The number of rotatable bonds is 4. The second kappa shape index (κ2) is 6.01. The van der Waals surface area contributed by atoms with Gasteiger partial charge in [0.05, 0.1) is 0 Å². The second-order valence-corrected chi connectivity index (χ2v) is 5.16. The van der Waals surface area contributed by atoms with Gasteiger partial charge in [-0.05, 0) is 52.4 Å². The van der Waals surface area contributed by atoms with E-state index in [9.17, 15) is 9.18 Å². The number of carbonyl (C=O) groups is 1. The summed E-state index contributed by atoms with van der Waals surface area (Å²) in [6.45, 7) is 0.459. The molecule has 0 fully saturated rings. The van der Waals surface area contributed by atoms with Gasteiger partial charge >= 0.3 is 0 Å². The van der Waals surface area contributed by atoms with E-state index in [1.54, 1.807) is 18.2 Å². The largest absolute Gasteiger partial charge is 0.380 e. The highest BCUT2D eigenvalue weighted by atomic mass is 127. The smallest absolute Gasteiger partial charge is 0.249 e. The molecule has 3 N–H and O–H groups in total. The average molecular weight is 370 g/mol. The van der Waals surface area contributed by atoms with E-state index >= 15 is 0 Å². The number of anilines is 1. The van der Waals surface area contributed by atoms with Crippen molar-refractivity contribution < 1.29 is 9.18 Å². The van der Waals surface area contributed by atoms with E-state index in [1.807, 2.05) is 12.1 Å². The van der Waals surface area contributed by atoms with Gasteiger partial charge in [0.1, 0.15) is 5.82 Å². The maximum absolute atomic E-state index is 13.0. The predicted octanol–water partition coefficient (Wildman–Crippen LogP) is 3.14. The molecule has 0 aromatic heterocycles. The number of benzene rings is 2. The molecule has 0 aliphatic carbocycles. The zero-order chi connectivity index (χ0) is 13.8. The molecule has 0 atom stereocenters. The Balaban J connectivity index is 2.17. The first kappa shape index (κ1) is 13.8. The van der Waals surface area contributed by atoms with Gasteiger partial charge in [-0.25, -0.2) is 4.39 Å². The quantitative estimate of drug-likeness (QED) is 0.813. The van der Waals surface area contributed by atoms with Crippen molar-refractivity contribution in [2.24, 2.45) is 5.73 Å². The van der Waals surface area contributed by atoms with Gasteiger partial charge in [-0.15, -0.1) is 0 Å². The number of carbonyl (C=O) groups excluding carboxylic acids is 1. The summed E-state index contributed by atoms with van der Waals surface area (Å²) < 4.78 is 13.8. The van der Waals surface area contributed by atoms with E-state index in [0.717, 1.165) is 14.8 Å². The van der Waals surface area contributed by atoms with Crippen molar-refractivity contribution in [1.29, 1.82) is 0 Å². The Bertz CT molecular complexity index is 616. The summed E-state index contributed by atoms with van der Waals surface area (Å²) in [7, 11) is 0. The summed E-state index contributed by atoms with van der Waals surface area (Å²) in [5, 5.41) is 3.17. The Morgan fingerprint density at radius 3 is 2.68 bits per heavy atom. The fraction of sp³-hybridized carbons (Fsp3) is 0.0714. The van der Waals surface area contributed by atoms with Crippen LogP contribution in [0.5, 0.6) is 0 Å². The number of primary amides is 1. The molecule has 0 spiro atoms. The van der Waals surface area contributed by atoms with Crippen molar-refractivity contribution in [2.75, 3.05) is 5.32 Å². The minimum absolute atomic E-state index is 0.271. The van der Waals surface area contributed by atoms with Gasteiger partial charge < -0.3 is 11.1 Å². The van der Waals surface area contributed by atoms with E-state index in [2.05, 4.69) is 27.9 Å². The molecule has 0 radical (unpaired) electrons. The highest BCUT2D eigenvalue weighted by molar-refractivity contribution is 14.1. The Kier molecular flexibility index (Phi) is 4.36. The summed E-state index contributed by atoms with van der Waals surface area (Å²) in [5.41, 5.74) is 7.44. The molecule has 98 valence electrons. The Morgan fingerprint density at radius 1 is 1.26 bits per heavy atom. The first-order chi connectivity index (χ1) is 9.08. The lowest BCUT2D eigenvalue weighted by molar-refractivity contribution is 0.0999. The third-order valence-electron chi connectivity index (χ3n) is 2.68. The van der Waals surface area contributed by atoms with Crippen LogP contribution >= 0.6 is 22.6 Å². The first-order valence-electron chi connectivity index (χ1n) is 5.64. The number of hydrogen-bond donors (Lipinski definition) is 2. The van der Waals surface area contributed by atoms with Crippen LogP contribution in [0.25, 0.3) is 0 Å². The Labute approximate surface area is 124 Å². The van der Waals surface area contributed by atoms with Crippen LogP contribution in [0.2, 0.25) is 0 Å². The minimum atomic E-state index is -0.453. The van der Waals surface area contributed by atoms with Gasteiger partial charge in [-0.2, -0.15) is 0 Å². The molecule has 0 saturated heterocycles. The van der Waals surface area contributed by atoms with E-state index < -0.39 is 5.91 Å². The molecule has 3 nitrogen and oxygen atoms in total. The highest BCUT2D eigenvalue weighted by Gasteiger charge is 2.07. The van der Waals surface area contributed by atoms with Gasteiger partial charge in [-0.3, -0.25) is 4.79 Å². The van der Waals surface area contributed by atoms with Crippen LogP contribution < -0.4 is 11.1 Å². The summed E-state index contributed by atoms with van der Waals surface area (Å²) in [6, 6.07) is 11.7. The monoisotopic (exact) mass is 370 g/mol. The number of nitrogens with two attached hydrogens (primary N) is 1. The molecule has 2 aromatic rings. The van der Waals surface area contributed by atoms with Gasteiger partial charge in [0.25, 0.3) is 0 Å². The third-order valence-corrected chi connectivity index (χ3v) is 3.58. The van der Waals surface area contributed by atoms with Crippen molar-refractivity contribution in [3.8, 4) is 0 Å². The van der Waals surface area contributed by atoms with E-state index in [4.69, 9.17) is 5.73 Å². The molecule has 5 heteroatoms. The molecule has 2 aromatic carbocycles. The lowest BCUT2D eigenvalue weighted by Crippen LogP contribution is -2.15. The normalized spacial score (nSPS) is 10.2. The fourth-order valence-electron chi connectivity index (χ4n) is 1.74. The number of hydrogen-bond acceptors (Lipinski definition) is 2. The number of nitrogens with one attached hydrogen (secondary N) is 1. The minimum Gasteiger partial charge on any atom is -0.380 e. The summed E-state index contributed by atoms with van der Waals surface area (Å²) in [5.74, 6) is -0.723. The summed E-state index contributed by atoms with van der Waals surface area (Å²) in [6.07, 6.45) is 0. The molecule has 0 bridgehead atoms. The summed E-state index contributed by atoms with van der Waals surface area (Å²) in [4.78, 5) is 11.3. The molecule has 0 heterocycles. The van der Waals surface area contributed by atoms with E-state index in [-0.39, 0.29) is 5.82 Å². The van der Waals surface area contributed by atoms with Gasteiger partial charge in [0.2, 0.25) is 5.91 Å². The molecule has 0 unspecified atom stereocenters. The average Bonchev–Trinajstić information content (AvgIpc) is 2.38. The van der Waals surface area contributed by atoms with Gasteiger partial charge in [-0.1, -0.05) is 18.2 Å².